The Morgan fingerprint density at radius 2 is 1.89 bits per heavy atom. The van der Waals surface area contributed by atoms with E-state index in [1.807, 2.05) is 55.6 Å². The highest BCUT2D eigenvalue weighted by molar-refractivity contribution is 5.79. The third-order valence-corrected chi connectivity index (χ3v) is 5.00. The van der Waals surface area contributed by atoms with Crippen LogP contribution >= 0.6 is 0 Å². The molecule has 5 rings (SSSR count). The molecule has 0 bridgehead atoms. The molecular formula is C21H20N6. The molecule has 4 aromatic heterocycles. The molecule has 1 saturated carbocycles. The summed E-state index contributed by atoms with van der Waals surface area (Å²) in [5, 5.41) is 3.43. The number of pyridine rings is 2. The van der Waals surface area contributed by atoms with Gasteiger partial charge >= 0.3 is 0 Å². The Kier molecular flexibility index (Phi) is 3.81. The van der Waals surface area contributed by atoms with E-state index in [0.29, 0.717) is 12.0 Å². The topological polar surface area (TPSA) is 68.0 Å². The van der Waals surface area contributed by atoms with Crippen molar-refractivity contribution in [1.82, 2.24) is 24.3 Å². The Hall–Kier alpha value is -3.28. The van der Waals surface area contributed by atoms with E-state index in [0.717, 1.165) is 34.1 Å². The number of nitrogens with one attached hydrogen (secondary N) is 1. The second kappa shape index (κ2) is 6.46. The highest BCUT2D eigenvalue weighted by Gasteiger charge is 2.21. The van der Waals surface area contributed by atoms with Crippen molar-refractivity contribution in [2.75, 3.05) is 5.32 Å². The number of hydrogen-bond acceptors (Lipinski definition) is 5. The molecule has 0 aromatic carbocycles. The van der Waals surface area contributed by atoms with Crippen LogP contribution < -0.4 is 5.32 Å². The molecule has 4 aromatic rings. The van der Waals surface area contributed by atoms with Crippen LogP contribution in [0.5, 0.6) is 0 Å². The Labute approximate surface area is 157 Å². The summed E-state index contributed by atoms with van der Waals surface area (Å²) in [6, 6.07) is 14.4. The molecule has 6 heteroatoms. The Balaban J connectivity index is 1.67. The SMILES string of the molecule is Cc1cccc(-c2nc3ccccn3c2-c2ccnc(NC3CCC3)n2)n1. The number of imidazole rings is 1. The molecule has 1 aliphatic rings. The highest BCUT2D eigenvalue weighted by atomic mass is 15.1. The van der Waals surface area contributed by atoms with Gasteiger partial charge in [-0.1, -0.05) is 12.1 Å². The second-order valence-electron chi connectivity index (χ2n) is 6.94. The van der Waals surface area contributed by atoms with Crippen LogP contribution in [-0.4, -0.2) is 30.4 Å². The van der Waals surface area contributed by atoms with E-state index < -0.39 is 0 Å². The Bertz CT molecular complexity index is 1110. The maximum absolute atomic E-state index is 4.84. The van der Waals surface area contributed by atoms with Gasteiger partial charge in [0.1, 0.15) is 17.0 Å². The van der Waals surface area contributed by atoms with E-state index in [-0.39, 0.29) is 0 Å². The molecule has 1 fully saturated rings. The van der Waals surface area contributed by atoms with E-state index in [1.54, 1.807) is 6.20 Å². The number of aryl methyl sites for hydroxylation is 1. The first kappa shape index (κ1) is 15.9. The van der Waals surface area contributed by atoms with Crippen LogP contribution in [0.4, 0.5) is 5.95 Å². The molecule has 4 heterocycles. The van der Waals surface area contributed by atoms with Gasteiger partial charge in [-0.15, -0.1) is 0 Å². The third kappa shape index (κ3) is 2.93. The molecular weight excluding hydrogens is 336 g/mol. The summed E-state index contributed by atoms with van der Waals surface area (Å²) in [7, 11) is 0. The van der Waals surface area contributed by atoms with Crippen LogP contribution in [0.2, 0.25) is 0 Å². The molecule has 0 spiro atoms. The van der Waals surface area contributed by atoms with Crippen LogP contribution in [0.15, 0.2) is 54.9 Å². The zero-order valence-electron chi connectivity index (χ0n) is 15.1. The monoisotopic (exact) mass is 356 g/mol. The molecule has 0 unspecified atom stereocenters. The first-order valence-electron chi connectivity index (χ1n) is 9.29. The van der Waals surface area contributed by atoms with Gasteiger partial charge in [0.15, 0.2) is 0 Å². The van der Waals surface area contributed by atoms with E-state index in [2.05, 4.69) is 19.7 Å². The minimum absolute atomic E-state index is 0.486. The fraction of sp³-hybridized carbons (Fsp3) is 0.238. The zero-order chi connectivity index (χ0) is 18.2. The van der Waals surface area contributed by atoms with Gasteiger partial charge in [-0.25, -0.2) is 15.0 Å². The van der Waals surface area contributed by atoms with Crippen LogP contribution in [0.25, 0.3) is 28.4 Å². The van der Waals surface area contributed by atoms with Crippen molar-refractivity contribution in [3.8, 4) is 22.8 Å². The molecule has 0 aliphatic heterocycles. The van der Waals surface area contributed by atoms with Crippen molar-refractivity contribution in [2.24, 2.45) is 0 Å². The van der Waals surface area contributed by atoms with Crippen LogP contribution in [0.1, 0.15) is 25.0 Å². The van der Waals surface area contributed by atoms with Gasteiger partial charge in [-0.3, -0.25) is 9.38 Å². The lowest BCUT2D eigenvalue weighted by atomic mass is 9.93. The number of rotatable bonds is 4. The molecule has 0 atom stereocenters. The standard InChI is InChI=1S/C21H20N6/c1-14-6-4-9-16(23-14)19-20(27-13-3-2-10-18(27)26-19)17-11-12-22-21(25-17)24-15-7-5-8-15/h2-4,6,9-13,15H,5,7-8H2,1H3,(H,22,24,25). The van der Waals surface area contributed by atoms with E-state index in [1.165, 1.54) is 19.3 Å². The lowest BCUT2D eigenvalue weighted by Gasteiger charge is -2.26. The van der Waals surface area contributed by atoms with Crippen molar-refractivity contribution in [2.45, 2.75) is 32.2 Å². The Morgan fingerprint density at radius 3 is 2.70 bits per heavy atom. The zero-order valence-corrected chi connectivity index (χ0v) is 15.1. The predicted molar refractivity (Wildman–Crippen MR) is 105 cm³/mol. The summed E-state index contributed by atoms with van der Waals surface area (Å²) in [5.74, 6) is 0.672. The smallest absolute Gasteiger partial charge is 0.223 e. The summed E-state index contributed by atoms with van der Waals surface area (Å²) in [6.45, 7) is 1.99. The molecule has 134 valence electrons. The second-order valence-corrected chi connectivity index (χ2v) is 6.94. The molecule has 6 nitrogen and oxygen atoms in total. The lowest BCUT2D eigenvalue weighted by molar-refractivity contribution is 0.443. The first-order chi connectivity index (χ1) is 13.3. The predicted octanol–water partition coefficient (Wildman–Crippen LogP) is 4.13. The van der Waals surface area contributed by atoms with Crippen molar-refractivity contribution in [3.63, 3.8) is 0 Å². The average Bonchev–Trinajstić information content (AvgIpc) is 3.05. The van der Waals surface area contributed by atoms with Crippen molar-refractivity contribution in [3.05, 3.63) is 60.6 Å². The minimum atomic E-state index is 0.486. The fourth-order valence-corrected chi connectivity index (χ4v) is 3.39. The van der Waals surface area contributed by atoms with Crippen LogP contribution in [0, 0.1) is 6.92 Å². The summed E-state index contributed by atoms with van der Waals surface area (Å²) >= 11 is 0. The summed E-state index contributed by atoms with van der Waals surface area (Å²) < 4.78 is 2.06. The normalized spacial score (nSPS) is 14.3. The molecule has 0 saturated heterocycles. The summed E-state index contributed by atoms with van der Waals surface area (Å²) in [6.07, 6.45) is 7.45. The summed E-state index contributed by atoms with van der Waals surface area (Å²) in [4.78, 5) is 18.7. The van der Waals surface area contributed by atoms with Gasteiger partial charge in [0.2, 0.25) is 5.95 Å². The van der Waals surface area contributed by atoms with Crippen molar-refractivity contribution >= 4 is 11.6 Å². The number of hydrogen-bond donors (Lipinski definition) is 1. The minimum Gasteiger partial charge on any atom is -0.351 e. The maximum atomic E-state index is 4.84. The van der Waals surface area contributed by atoms with E-state index in [9.17, 15) is 0 Å². The molecule has 27 heavy (non-hydrogen) atoms. The van der Waals surface area contributed by atoms with Gasteiger partial charge < -0.3 is 5.32 Å². The van der Waals surface area contributed by atoms with Crippen molar-refractivity contribution < 1.29 is 0 Å². The van der Waals surface area contributed by atoms with Gasteiger partial charge in [-0.2, -0.15) is 0 Å². The van der Waals surface area contributed by atoms with Crippen LogP contribution in [-0.2, 0) is 0 Å². The average molecular weight is 356 g/mol. The number of nitrogens with zero attached hydrogens (tertiary/aromatic N) is 5. The largest absolute Gasteiger partial charge is 0.351 e. The van der Waals surface area contributed by atoms with Crippen LogP contribution in [0.3, 0.4) is 0 Å². The van der Waals surface area contributed by atoms with E-state index in [4.69, 9.17) is 9.97 Å². The highest BCUT2D eigenvalue weighted by Crippen LogP contribution is 2.31. The van der Waals surface area contributed by atoms with Gasteiger partial charge in [-0.05, 0) is 56.5 Å². The quantitative estimate of drug-likeness (QED) is 0.595. The molecule has 0 amide bonds. The lowest BCUT2D eigenvalue weighted by Crippen LogP contribution is -2.28. The maximum Gasteiger partial charge on any atom is 0.223 e. The van der Waals surface area contributed by atoms with Crippen molar-refractivity contribution in [1.29, 1.82) is 0 Å². The Morgan fingerprint density at radius 1 is 0.963 bits per heavy atom. The summed E-state index contributed by atoms with van der Waals surface area (Å²) in [5.41, 5.74) is 5.29. The third-order valence-electron chi connectivity index (χ3n) is 5.00. The van der Waals surface area contributed by atoms with Gasteiger partial charge in [0.05, 0.1) is 11.4 Å². The molecule has 1 N–H and O–H groups in total. The fourth-order valence-electron chi connectivity index (χ4n) is 3.39. The molecule has 1 aliphatic carbocycles. The number of fused-ring (bicyclic) bond motifs is 1. The number of aromatic nitrogens is 5. The number of anilines is 1. The first-order valence-corrected chi connectivity index (χ1v) is 9.29. The molecule has 0 radical (unpaired) electrons. The van der Waals surface area contributed by atoms with Gasteiger partial charge in [0, 0.05) is 24.1 Å². The van der Waals surface area contributed by atoms with E-state index >= 15 is 0 Å². The van der Waals surface area contributed by atoms with Gasteiger partial charge in [0.25, 0.3) is 0 Å².